The van der Waals surface area contributed by atoms with Crippen LogP contribution in [0.5, 0.6) is 0 Å². The van der Waals surface area contributed by atoms with Gasteiger partial charge in [-0.3, -0.25) is 0 Å². The van der Waals surface area contributed by atoms with Gasteiger partial charge in [-0.2, -0.15) is 0 Å². The van der Waals surface area contributed by atoms with Gasteiger partial charge in [-0.05, 0) is 13.8 Å². The van der Waals surface area contributed by atoms with Crippen LogP contribution in [-0.2, 0) is 11.8 Å². The first-order valence-electron chi connectivity index (χ1n) is 4.42. The van der Waals surface area contributed by atoms with Crippen molar-refractivity contribution in [1.29, 1.82) is 0 Å². The highest BCUT2D eigenvalue weighted by Gasteiger charge is 2.04. The van der Waals surface area contributed by atoms with Crippen LogP contribution < -0.4 is 5.62 Å². The molecule has 0 N–H and O–H groups in total. The van der Waals surface area contributed by atoms with Crippen molar-refractivity contribution in [3.8, 4) is 0 Å². The number of nitrogens with zero attached hydrogens (tertiary/aromatic N) is 3. The third-order valence-corrected chi connectivity index (χ3v) is 1.92. The topological polar surface area (TPSA) is 48.5 Å². The van der Waals surface area contributed by atoms with E-state index in [-0.39, 0.29) is 6.04 Å². The molecule has 1 rings (SSSR count). The Labute approximate surface area is 82.6 Å². The predicted molar refractivity (Wildman–Crippen MR) is 51.8 cm³/mol. The number of aryl methyl sites for hydroxylation is 1. The van der Waals surface area contributed by atoms with E-state index in [2.05, 4.69) is 9.73 Å². The first kappa shape index (κ1) is 10.6. The zero-order valence-electron chi connectivity index (χ0n) is 8.89. The summed E-state index contributed by atoms with van der Waals surface area (Å²) in [5.74, 6) is 0. The van der Waals surface area contributed by atoms with Crippen molar-refractivity contribution in [2.45, 2.75) is 19.9 Å². The highest BCUT2D eigenvalue weighted by Crippen LogP contribution is 1.98. The van der Waals surface area contributed by atoms with Gasteiger partial charge in [0.05, 0.1) is 7.11 Å². The molecule has 1 aromatic rings. The van der Waals surface area contributed by atoms with Gasteiger partial charge in [-0.1, -0.05) is 0 Å². The molecule has 78 valence electrons. The third-order valence-electron chi connectivity index (χ3n) is 1.92. The normalized spacial score (nSPS) is 12.2. The summed E-state index contributed by atoms with van der Waals surface area (Å²) in [5.41, 5.74) is 0.590. The lowest BCUT2D eigenvalue weighted by Crippen LogP contribution is -2.26. The maximum absolute atomic E-state index is 11.0. The van der Waals surface area contributed by atoms with E-state index in [0.717, 1.165) is 0 Å². The van der Waals surface area contributed by atoms with E-state index < -0.39 is 6.09 Å². The maximum Gasteiger partial charge on any atom is 0.436 e. The number of hydrogen-bond donors (Lipinski definition) is 0. The van der Waals surface area contributed by atoms with Crippen molar-refractivity contribution in [1.82, 2.24) is 9.13 Å². The van der Waals surface area contributed by atoms with E-state index in [1.165, 1.54) is 7.11 Å². The summed E-state index contributed by atoms with van der Waals surface area (Å²) in [6.45, 7) is 4.05. The lowest BCUT2D eigenvalue weighted by molar-refractivity contribution is 0.181. The standard InChI is InChI=1S/C9H15N3O2/c1-7(2)12-6-5-11(3)8(12)10-9(13)14-4/h5-7H,1-4H3. The van der Waals surface area contributed by atoms with E-state index in [4.69, 9.17) is 0 Å². The van der Waals surface area contributed by atoms with Gasteiger partial charge in [0.2, 0.25) is 5.62 Å². The number of imidazole rings is 1. The molecule has 1 heterocycles. The van der Waals surface area contributed by atoms with E-state index in [9.17, 15) is 4.79 Å². The summed E-state index contributed by atoms with van der Waals surface area (Å²) in [6.07, 6.45) is 3.15. The smallest absolute Gasteiger partial charge is 0.436 e. The van der Waals surface area contributed by atoms with E-state index in [1.807, 2.05) is 37.9 Å². The molecular weight excluding hydrogens is 182 g/mol. The molecule has 0 fully saturated rings. The number of rotatable bonds is 1. The first-order valence-corrected chi connectivity index (χ1v) is 4.42. The Morgan fingerprint density at radius 1 is 1.50 bits per heavy atom. The molecule has 0 atom stereocenters. The van der Waals surface area contributed by atoms with Crippen LogP contribution in [-0.4, -0.2) is 22.3 Å². The Kier molecular flexibility index (Phi) is 3.11. The number of aromatic nitrogens is 2. The highest BCUT2D eigenvalue weighted by atomic mass is 16.5. The fourth-order valence-electron chi connectivity index (χ4n) is 1.15. The molecule has 14 heavy (non-hydrogen) atoms. The second-order valence-corrected chi connectivity index (χ2v) is 3.29. The number of hydrogen-bond acceptors (Lipinski definition) is 2. The van der Waals surface area contributed by atoms with Crippen molar-refractivity contribution < 1.29 is 9.53 Å². The first-order chi connectivity index (χ1) is 6.56. The highest BCUT2D eigenvalue weighted by molar-refractivity contribution is 5.67. The van der Waals surface area contributed by atoms with Gasteiger partial charge in [0.25, 0.3) is 0 Å². The molecule has 0 unspecified atom stereocenters. The van der Waals surface area contributed by atoms with Gasteiger partial charge < -0.3 is 13.9 Å². The van der Waals surface area contributed by atoms with Crippen LogP contribution in [0.3, 0.4) is 0 Å². The zero-order chi connectivity index (χ0) is 10.7. The van der Waals surface area contributed by atoms with Crippen LogP contribution in [0.1, 0.15) is 19.9 Å². The molecule has 0 saturated heterocycles. The number of methoxy groups -OCH3 is 1. The number of ether oxygens (including phenoxy) is 1. The Balaban J connectivity index is 3.24. The number of amides is 1. The van der Waals surface area contributed by atoms with Gasteiger partial charge in [-0.15, -0.1) is 4.99 Å². The van der Waals surface area contributed by atoms with Crippen molar-refractivity contribution in [3.05, 3.63) is 18.0 Å². The summed E-state index contributed by atoms with van der Waals surface area (Å²) in [6, 6.07) is 0.264. The van der Waals surface area contributed by atoms with Gasteiger partial charge >= 0.3 is 6.09 Å². The van der Waals surface area contributed by atoms with Crippen LogP contribution in [0.15, 0.2) is 17.4 Å². The van der Waals surface area contributed by atoms with Crippen molar-refractivity contribution in [2.24, 2.45) is 12.0 Å². The van der Waals surface area contributed by atoms with Gasteiger partial charge in [0.15, 0.2) is 0 Å². The van der Waals surface area contributed by atoms with Crippen LogP contribution in [0, 0.1) is 0 Å². The summed E-state index contributed by atoms with van der Waals surface area (Å²) in [7, 11) is 3.15. The van der Waals surface area contributed by atoms with Crippen molar-refractivity contribution in [3.63, 3.8) is 0 Å². The lowest BCUT2D eigenvalue weighted by Gasteiger charge is -2.06. The molecule has 0 aliphatic carbocycles. The minimum Gasteiger partial charge on any atom is -0.451 e. The largest absolute Gasteiger partial charge is 0.451 e. The van der Waals surface area contributed by atoms with Gasteiger partial charge in [-0.25, -0.2) is 4.79 Å². The second-order valence-electron chi connectivity index (χ2n) is 3.29. The molecule has 0 bridgehead atoms. The molecular formula is C9H15N3O2. The molecule has 0 saturated carbocycles. The molecule has 0 aromatic carbocycles. The molecule has 0 aliphatic rings. The molecule has 5 nitrogen and oxygen atoms in total. The molecule has 1 aromatic heterocycles. The molecule has 0 radical (unpaired) electrons. The predicted octanol–water partition coefficient (Wildman–Crippen LogP) is 1.07. The summed E-state index contributed by atoms with van der Waals surface area (Å²) in [4.78, 5) is 14.8. The zero-order valence-corrected chi connectivity index (χ0v) is 8.89. The molecule has 1 amide bonds. The quantitative estimate of drug-likeness (QED) is 0.676. The average Bonchev–Trinajstić information content (AvgIpc) is 2.48. The minimum atomic E-state index is -0.582. The monoisotopic (exact) mass is 197 g/mol. The van der Waals surface area contributed by atoms with E-state index in [0.29, 0.717) is 5.62 Å². The Hall–Kier alpha value is -1.52. The van der Waals surface area contributed by atoms with E-state index in [1.54, 1.807) is 4.57 Å². The lowest BCUT2D eigenvalue weighted by atomic mass is 10.4. The minimum absolute atomic E-state index is 0.264. The fourth-order valence-corrected chi connectivity index (χ4v) is 1.15. The van der Waals surface area contributed by atoms with Crippen LogP contribution >= 0.6 is 0 Å². The molecule has 0 spiro atoms. The van der Waals surface area contributed by atoms with Gasteiger partial charge in [0.1, 0.15) is 0 Å². The average molecular weight is 197 g/mol. The molecule has 5 heteroatoms. The number of carbonyl (C=O) groups is 1. The van der Waals surface area contributed by atoms with E-state index >= 15 is 0 Å². The third kappa shape index (κ3) is 2.04. The number of carbonyl (C=O) groups excluding carboxylic acids is 1. The summed E-state index contributed by atoms with van der Waals surface area (Å²) in [5, 5.41) is 0. The Morgan fingerprint density at radius 2 is 2.14 bits per heavy atom. The van der Waals surface area contributed by atoms with Crippen LogP contribution in [0.25, 0.3) is 0 Å². The second kappa shape index (κ2) is 4.13. The van der Waals surface area contributed by atoms with Crippen molar-refractivity contribution >= 4 is 6.09 Å². The van der Waals surface area contributed by atoms with Crippen LogP contribution in [0.2, 0.25) is 0 Å². The summed E-state index contributed by atoms with van der Waals surface area (Å²) >= 11 is 0. The Morgan fingerprint density at radius 3 is 2.64 bits per heavy atom. The van der Waals surface area contributed by atoms with Crippen LogP contribution in [0.4, 0.5) is 4.79 Å². The Bertz CT molecular complexity index is 387. The molecule has 0 aliphatic heterocycles. The maximum atomic E-state index is 11.0. The summed E-state index contributed by atoms with van der Waals surface area (Å²) < 4.78 is 8.16. The van der Waals surface area contributed by atoms with Gasteiger partial charge in [0, 0.05) is 25.5 Å². The van der Waals surface area contributed by atoms with Crippen molar-refractivity contribution in [2.75, 3.05) is 7.11 Å². The SMILES string of the molecule is COC(=O)N=c1n(C)ccn1C(C)C. The fraction of sp³-hybridized carbons (Fsp3) is 0.556.